The molecule has 4 rings (SSSR count). The van der Waals surface area contributed by atoms with Crippen molar-refractivity contribution >= 4 is 17.4 Å². The van der Waals surface area contributed by atoms with E-state index in [1.54, 1.807) is 10.9 Å². The fraction of sp³-hybridized carbons (Fsp3) is 0.300. The van der Waals surface area contributed by atoms with Gasteiger partial charge in [-0.05, 0) is 50.1 Å². The van der Waals surface area contributed by atoms with Crippen molar-refractivity contribution in [1.29, 1.82) is 0 Å². The standard InChI is InChI=1S/C20H22N6O/c1-16-8-9-18(24-23-16)25-14-10-20(11-15-25,26-13-5-12-21-26)19(27)22-17-6-3-2-4-7-17/h2-9,12-13H,10-11,14-15H2,1H3,(H,22,27). The Balaban J connectivity index is 1.56. The SMILES string of the molecule is Cc1ccc(N2CCC(C(=O)Nc3ccccc3)(n3cccn3)CC2)nn1. The molecule has 0 saturated carbocycles. The molecular formula is C20H22N6O. The van der Waals surface area contributed by atoms with Crippen molar-refractivity contribution in [3.63, 3.8) is 0 Å². The molecule has 1 aliphatic heterocycles. The average Bonchev–Trinajstić information content (AvgIpc) is 3.25. The number of nitrogens with zero attached hydrogens (tertiary/aromatic N) is 5. The van der Waals surface area contributed by atoms with Crippen molar-refractivity contribution in [1.82, 2.24) is 20.0 Å². The number of rotatable bonds is 4. The fourth-order valence-electron chi connectivity index (χ4n) is 3.52. The Morgan fingerprint density at radius 3 is 2.44 bits per heavy atom. The quantitative estimate of drug-likeness (QED) is 0.772. The van der Waals surface area contributed by atoms with E-state index in [1.165, 1.54) is 0 Å². The highest BCUT2D eigenvalue weighted by molar-refractivity contribution is 5.96. The summed E-state index contributed by atoms with van der Waals surface area (Å²) in [7, 11) is 0. The van der Waals surface area contributed by atoms with Crippen LogP contribution >= 0.6 is 0 Å². The van der Waals surface area contributed by atoms with Crippen LogP contribution < -0.4 is 10.2 Å². The summed E-state index contributed by atoms with van der Waals surface area (Å²) in [6.45, 7) is 3.34. The second kappa shape index (κ2) is 7.19. The van der Waals surface area contributed by atoms with Crippen LogP contribution in [0.2, 0.25) is 0 Å². The van der Waals surface area contributed by atoms with Gasteiger partial charge in [0.2, 0.25) is 0 Å². The van der Waals surface area contributed by atoms with Crippen LogP contribution in [0.3, 0.4) is 0 Å². The molecular weight excluding hydrogens is 340 g/mol. The minimum absolute atomic E-state index is 0.0351. The Morgan fingerprint density at radius 1 is 1.04 bits per heavy atom. The molecule has 3 heterocycles. The van der Waals surface area contributed by atoms with Gasteiger partial charge >= 0.3 is 0 Å². The van der Waals surface area contributed by atoms with Crippen LogP contribution in [0.15, 0.2) is 60.9 Å². The number of amides is 1. The van der Waals surface area contributed by atoms with Crippen molar-refractivity contribution in [3.8, 4) is 0 Å². The van der Waals surface area contributed by atoms with Gasteiger partial charge in [-0.1, -0.05) is 18.2 Å². The van der Waals surface area contributed by atoms with Crippen LogP contribution in [-0.4, -0.2) is 39.0 Å². The molecule has 0 unspecified atom stereocenters. The number of nitrogens with one attached hydrogen (secondary N) is 1. The minimum Gasteiger partial charge on any atom is -0.355 e. The first-order valence-corrected chi connectivity index (χ1v) is 9.09. The highest BCUT2D eigenvalue weighted by Crippen LogP contribution is 2.32. The molecule has 0 aliphatic carbocycles. The molecule has 2 aromatic heterocycles. The molecule has 27 heavy (non-hydrogen) atoms. The molecule has 3 aromatic rings. The average molecular weight is 362 g/mol. The molecule has 7 heteroatoms. The van der Waals surface area contributed by atoms with Crippen LogP contribution in [0, 0.1) is 6.92 Å². The van der Waals surface area contributed by atoms with Crippen molar-refractivity contribution in [2.75, 3.05) is 23.3 Å². The Kier molecular flexibility index (Phi) is 4.58. The number of hydrogen-bond donors (Lipinski definition) is 1. The van der Waals surface area contributed by atoms with E-state index in [4.69, 9.17) is 0 Å². The lowest BCUT2D eigenvalue weighted by atomic mass is 9.86. The molecule has 0 radical (unpaired) electrons. The number of hydrogen-bond acceptors (Lipinski definition) is 5. The summed E-state index contributed by atoms with van der Waals surface area (Å²) in [5, 5.41) is 15.9. The first kappa shape index (κ1) is 17.2. The molecule has 0 spiro atoms. The molecule has 1 aliphatic rings. The molecule has 138 valence electrons. The molecule has 1 aromatic carbocycles. The normalized spacial score (nSPS) is 16.1. The fourth-order valence-corrected chi connectivity index (χ4v) is 3.52. The van der Waals surface area contributed by atoms with E-state index < -0.39 is 5.54 Å². The number of aromatic nitrogens is 4. The van der Waals surface area contributed by atoms with Gasteiger partial charge in [0.1, 0.15) is 5.54 Å². The first-order valence-electron chi connectivity index (χ1n) is 9.09. The summed E-state index contributed by atoms with van der Waals surface area (Å²) in [6.07, 6.45) is 4.87. The maximum atomic E-state index is 13.3. The van der Waals surface area contributed by atoms with Gasteiger partial charge in [-0.15, -0.1) is 5.10 Å². The lowest BCUT2D eigenvalue weighted by Crippen LogP contribution is -2.53. The third-order valence-electron chi connectivity index (χ3n) is 5.10. The van der Waals surface area contributed by atoms with Crippen LogP contribution in [0.4, 0.5) is 11.5 Å². The zero-order valence-electron chi connectivity index (χ0n) is 15.2. The molecule has 1 fully saturated rings. The summed E-state index contributed by atoms with van der Waals surface area (Å²) in [5.41, 5.74) is 0.971. The molecule has 1 saturated heterocycles. The van der Waals surface area contributed by atoms with Gasteiger partial charge in [0.15, 0.2) is 5.82 Å². The number of piperidine rings is 1. The third-order valence-corrected chi connectivity index (χ3v) is 5.10. The molecule has 0 atom stereocenters. The van der Waals surface area contributed by atoms with Crippen LogP contribution in [0.1, 0.15) is 18.5 Å². The number of carbonyl (C=O) groups is 1. The summed E-state index contributed by atoms with van der Waals surface area (Å²) >= 11 is 0. The monoisotopic (exact) mass is 362 g/mol. The van der Waals surface area contributed by atoms with Gasteiger partial charge in [-0.25, -0.2) is 0 Å². The van der Waals surface area contributed by atoms with Gasteiger partial charge in [0.05, 0.1) is 5.69 Å². The van der Waals surface area contributed by atoms with Gasteiger partial charge in [0.25, 0.3) is 5.91 Å². The van der Waals surface area contributed by atoms with E-state index in [1.807, 2.05) is 61.7 Å². The van der Waals surface area contributed by atoms with E-state index in [2.05, 4.69) is 25.5 Å². The first-order chi connectivity index (χ1) is 13.2. The Bertz CT molecular complexity index is 884. The van der Waals surface area contributed by atoms with E-state index in [-0.39, 0.29) is 5.91 Å². The third kappa shape index (κ3) is 3.40. The second-order valence-corrected chi connectivity index (χ2v) is 6.82. The molecule has 1 amide bonds. The number of para-hydroxylation sites is 1. The summed E-state index contributed by atoms with van der Waals surface area (Å²) < 4.78 is 1.80. The Morgan fingerprint density at radius 2 is 1.81 bits per heavy atom. The maximum Gasteiger partial charge on any atom is 0.252 e. The number of anilines is 2. The number of carbonyl (C=O) groups excluding carboxylic acids is 1. The summed E-state index contributed by atoms with van der Waals surface area (Å²) in [4.78, 5) is 15.4. The van der Waals surface area contributed by atoms with Gasteiger partial charge in [-0.3, -0.25) is 9.48 Å². The minimum atomic E-state index is -0.714. The zero-order valence-corrected chi connectivity index (χ0v) is 15.2. The zero-order chi connectivity index (χ0) is 18.7. The summed E-state index contributed by atoms with van der Waals surface area (Å²) in [5.74, 6) is 0.810. The topological polar surface area (TPSA) is 75.9 Å². The molecule has 1 N–H and O–H groups in total. The lowest BCUT2D eigenvalue weighted by Gasteiger charge is -2.41. The van der Waals surface area contributed by atoms with E-state index in [0.717, 1.165) is 17.2 Å². The van der Waals surface area contributed by atoms with Crippen molar-refractivity contribution < 1.29 is 4.79 Å². The summed E-state index contributed by atoms with van der Waals surface area (Å²) in [6, 6.07) is 15.3. The van der Waals surface area contributed by atoms with Crippen LogP contribution in [0.25, 0.3) is 0 Å². The lowest BCUT2D eigenvalue weighted by molar-refractivity contribution is -0.126. The predicted octanol–water partition coefficient (Wildman–Crippen LogP) is 2.62. The second-order valence-electron chi connectivity index (χ2n) is 6.82. The highest BCUT2D eigenvalue weighted by Gasteiger charge is 2.44. The van der Waals surface area contributed by atoms with Gasteiger partial charge in [0, 0.05) is 31.2 Å². The number of benzene rings is 1. The highest BCUT2D eigenvalue weighted by atomic mass is 16.2. The Hall–Kier alpha value is -3.22. The molecule has 7 nitrogen and oxygen atoms in total. The van der Waals surface area contributed by atoms with Crippen LogP contribution in [-0.2, 0) is 10.3 Å². The predicted molar refractivity (Wildman–Crippen MR) is 103 cm³/mol. The van der Waals surface area contributed by atoms with Crippen LogP contribution in [0.5, 0.6) is 0 Å². The van der Waals surface area contributed by atoms with Crippen molar-refractivity contribution in [2.24, 2.45) is 0 Å². The molecule has 0 bridgehead atoms. The van der Waals surface area contributed by atoms with Crippen molar-refractivity contribution in [3.05, 3.63) is 66.6 Å². The van der Waals surface area contributed by atoms with E-state index >= 15 is 0 Å². The maximum absolute atomic E-state index is 13.3. The number of aryl methyl sites for hydroxylation is 1. The van der Waals surface area contributed by atoms with E-state index in [0.29, 0.717) is 25.9 Å². The van der Waals surface area contributed by atoms with Crippen molar-refractivity contribution in [2.45, 2.75) is 25.3 Å². The van der Waals surface area contributed by atoms with Gasteiger partial charge in [-0.2, -0.15) is 10.2 Å². The largest absolute Gasteiger partial charge is 0.355 e. The van der Waals surface area contributed by atoms with E-state index in [9.17, 15) is 4.79 Å². The smallest absolute Gasteiger partial charge is 0.252 e. The van der Waals surface area contributed by atoms with Gasteiger partial charge < -0.3 is 10.2 Å². The Labute approximate surface area is 158 Å².